The molecule has 6 rings (SSSR count). The van der Waals surface area contributed by atoms with Gasteiger partial charge in [-0.1, -0.05) is 30.3 Å². The number of hydrogen-bond donors (Lipinski definition) is 1. The highest BCUT2D eigenvalue weighted by molar-refractivity contribution is 5.83. The van der Waals surface area contributed by atoms with Crippen LogP contribution in [0, 0.1) is 23.2 Å². The number of piperazine rings is 1. The number of carbonyl (C=O) groups excluding carboxylic acids is 1. The Labute approximate surface area is 157 Å². The molecule has 140 valence electrons. The van der Waals surface area contributed by atoms with Crippen LogP contribution in [0.4, 0.5) is 0 Å². The lowest BCUT2D eigenvalue weighted by molar-refractivity contribution is -0.903. The van der Waals surface area contributed by atoms with Gasteiger partial charge in [-0.15, -0.1) is 0 Å². The molecule has 1 N–H and O–H groups in total. The zero-order chi connectivity index (χ0) is 17.6. The normalized spacial score (nSPS) is 36.5. The Kier molecular flexibility index (Phi) is 4.31. The van der Waals surface area contributed by atoms with Gasteiger partial charge in [-0.25, -0.2) is 0 Å². The van der Waals surface area contributed by atoms with Gasteiger partial charge in [0.1, 0.15) is 0 Å². The number of hydrogen-bond acceptors (Lipinski definition) is 1. The van der Waals surface area contributed by atoms with E-state index in [2.05, 4.69) is 35.2 Å². The smallest absolute Gasteiger partial charge is 0.229 e. The fourth-order valence-corrected chi connectivity index (χ4v) is 6.95. The van der Waals surface area contributed by atoms with E-state index >= 15 is 0 Å². The fourth-order valence-electron chi connectivity index (χ4n) is 6.95. The molecule has 5 fully saturated rings. The summed E-state index contributed by atoms with van der Waals surface area (Å²) in [7, 11) is 0. The summed E-state index contributed by atoms with van der Waals surface area (Å²) in [4.78, 5) is 17.4. The summed E-state index contributed by atoms with van der Waals surface area (Å²) in [5.41, 5.74) is 1.49. The Bertz CT molecular complexity index is 612. The third-order valence-electron chi connectivity index (χ3n) is 7.86. The molecule has 1 saturated heterocycles. The predicted molar refractivity (Wildman–Crippen MR) is 103 cm³/mol. The minimum Gasteiger partial charge on any atom is -0.332 e. The molecule has 1 amide bonds. The third kappa shape index (κ3) is 3.09. The van der Waals surface area contributed by atoms with Crippen molar-refractivity contribution in [1.82, 2.24) is 4.90 Å². The Hall–Kier alpha value is -1.35. The number of nitrogens with zero attached hydrogens (tertiary/aromatic N) is 1. The average Bonchev–Trinajstić information content (AvgIpc) is 2.66. The molecular weight excluding hydrogens is 320 g/mol. The summed E-state index contributed by atoms with van der Waals surface area (Å²) in [5.74, 6) is 3.13. The second-order valence-electron chi connectivity index (χ2n) is 9.73. The highest BCUT2D eigenvalue weighted by atomic mass is 16.2. The van der Waals surface area contributed by atoms with E-state index in [0.717, 1.165) is 50.4 Å². The van der Waals surface area contributed by atoms with Crippen molar-refractivity contribution in [3.05, 3.63) is 35.9 Å². The van der Waals surface area contributed by atoms with Gasteiger partial charge < -0.3 is 9.80 Å². The van der Waals surface area contributed by atoms with Gasteiger partial charge in [-0.05, 0) is 61.8 Å². The molecule has 4 bridgehead atoms. The number of carbonyl (C=O) groups is 1. The Morgan fingerprint density at radius 1 is 0.962 bits per heavy atom. The monoisotopic (exact) mass is 353 g/mol. The molecule has 1 aliphatic heterocycles. The second kappa shape index (κ2) is 6.67. The molecule has 4 saturated carbocycles. The van der Waals surface area contributed by atoms with Gasteiger partial charge in [0.25, 0.3) is 0 Å². The Morgan fingerprint density at radius 2 is 1.54 bits per heavy atom. The van der Waals surface area contributed by atoms with Crippen LogP contribution in [0.15, 0.2) is 30.3 Å². The molecule has 0 radical (unpaired) electrons. The van der Waals surface area contributed by atoms with Crippen molar-refractivity contribution < 1.29 is 9.69 Å². The van der Waals surface area contributed by atoms with Crippen LogP contribution in [0.25, 0.3) is 0 Å². The second-order valence-corrected chi connectivity index (χ2v) is 9.73. The van der Waals surface area contributed by atoms with E-state index in [9.17, 15) is 4.79 Å². The van der Waals surface area contributed by atoms with Crippen LogP contribution in [0.2, 0.25) is 0 Å². The maximum atomic E-state index is 13.5. The van der Waals surface area contributed by atoms with E-state index in [1.807, 2.05) is 0 Å². The van der Waals surface area contributed by atoms with Crippen molar-refractivity contribution >= 4 is 5.91 Å². The molecule has 1 aromatic carbocycles. The third-order valence-corrected chi connectivity index (χ3v) is 7.86. The maximum Gasteiger partial charge on any atom is 0.229 e. The first kappa shape index (κ1) is 16.8. The first-order chi connectivity index (χ1) is 12.7. The Morgan fingerprint density at radius 3 is 2.12 bits per heavy atom. The van der Waals surface area contributed by atoms with E-state index in [4.69, 9.17) is 0 Å². The highest BCUT2D eigenvalue weighted by Gasteiger charge is 2.55. The molecule has 0 aromatic heterocycles. The summed E-state index contributed by atoms with van der Waals surface area (Å²) in [6, 6.07) is 10.8. The largest absolute Gasteiger partial charge is 0.332 e. The van der Waals surface area contributed by atoms with Crippen LogP contribution in [-0.4, -0.2) is 43.5 Å². The molecule has 0 atom stereocenters. The minimum absolute atomic E-state index is 0.0519. The summed E-state index contributed by atoms with van der Waals surface area (Å²) >= 11 is 0. The number of amides is 1. The van der Waals surface area contributed by atoms with Gasteiger partial charge in [0, 0.05) is 6.42 Å². The summed E-state index contributed by atoms with van der Waals surface area (Å²) in [6.45, 7) is 5.41. The Balaban J connectivity index is 1.16. The average molecular weight is 354 g/mol. The lowest BCUT2D eigenvalue weighted by atomic mass is 9.49. The molecule has 4 aliphatic carbocycles. The highest BCUT2D eigenvalue weighted by Crippen LogP contribution is 2.60. The number of rotatable bonds is 4. The van der Waals surface area contributed by atoms with E-state index in [1.54, 1.807) is 4.90 Å². The minimum atomic E-state index is 0.0519. The summed E-state index contributed by atoms with van der Waals surface area (Å²) in [6.07, 6.45) is 9.04. The van der Waals surface area contributed by atoms with E-state index in [0.29, 0.717) is 5.91 Å². The molecule has 0 spiro atoms. The predicted octanol–water partition coefficient (Wildman–Crippen LogP) is 2.17. The van der Waals surface area contributed by atoms with Gasteiger partial charge in [-0.3, -0.25) is 4.79 Å². The standard InChI is InChI=1S/C23H32N2O/c26-22(23-15-19-12-20(16-23)14-21(13-19)17-23)25-10-8-24(9-11-25)7-6-18-4-2-1-3-5-18/h1-5,19-21H,6-17H2/p+1. The molecule has 1 aromatic rings. The van der Waals surface area contributed by atoms with Gasteiger partial charge in [0.05, 0.1) is 38.1 Å². The van der Waals surface area contributed by atoms with Crippen LogP contribution in [0.3, 0.4) is 0 Å². The molecule has 3 heteroatoms. The van der Waals surface area contributed by atoms with Crippen LogP contribution in [0.1, 0.15) is 44.1 Å². The van der Waals surface area contributed by atoms with E-state index < -0.39 is 0 Å². The maximum absolute atomic E-state index is 13.5. The van der Waals surface area contributed by atoms with Crippen molar-refractivity contribution in [2.24, 2.45) is 23.2 Å². The van der Waals surface area contributed by atoms with Crippen LogP contribution in [0.5, 0.6) is 0 Å². The molecular formula is C23H33N2O+. The first-order valence-electron chi connectivity index (χ1n) is 10.9. The van der Waals surface area contributed by atoms with Crippen LogP contribution >= 0.6 is 0 Å². The lowest BCUT2D eigenvalue weighted by Crippen LogP contribution is -3.15. The van der Waals surface area contributed by atoms with Gasteiger partial charge in [0.2, 0.25) is 5.91 Å². The van der Waals surface area contributed by atoms with Crippen LogP contribution in [-0.2, 0) is 11.2 Å². The fraction of sp³-hybridized carbons (Fsp3) is 0.696. The van der Waals surface area contributed by atoms with Crippen molar-refractivity contribution in [3.63, 3.8) is 0 Å². The molecule has 1 heterocycles. The lowest BCUT2D eigenvalue weighted by Gasteiger charge is -2.56. The molecule has 3 nitrogen and oxygen atoms in total. The number of quaternary nitrogens is 1. The molecule has 0 unspecified atom stereocenters. The quantitative estimate of drug-likeness (QED) is 0.882. The van der Waals surface area contributed by atoms with Crippen molar-refractivity contribution in [3.8, 4) is 0 Å². The molecule has 5 aliphatic rings. The van der Waals surface area contributed by atoms with Crippen LogP contribution < -0.4 is 4.90 Å². The SMILES string of the molecule is O=C(N1CC[NH+](CCc2ccccc2)CC1)C12CC3CC(CC(C3)C1)C2. The summed E-state index contributed by atoms with van der Waals surface area (Å²) in [5, 5.41) is 0. The zero-order valence-corrected chi connectivity index (χ0v) is 16.0. The topological polar surface area (TPSA) is 24.8 Å². The van der Waals surface area contributed by atoms with E-state index in [1.165, 1.54) is 50.6 Å². The van der Waals surface area contributed by atoms with Crippen molar-refractivity contribution in [2.75, 3.05) is 32.7 Å². The van der Waals surface area contributed by atoms with E-state index in [-0.39, 0.29) is 5.41 Å². The van der Waals surface area contributed by atoms with Gasteiger partial charge in [0.15, 0.2) is 0 Å². The van der Waals surface area contributed by atoms with Gasteiger partial charge in [-0.2, -0.15) is 0 Å². The summed E-state index contributed by atoms with van der Waals surface area (Å²) < 4.78 is 0. The van der Waals surface area contributed by atoms with Gasteiger partial charge >= 0.3 is 0 Å². The first-order valence-corrected chi connectivity index (χ1v) is 10.9. The van der Waals surface area contributed by atoms with Crippen molar-refractivity contribution in [2.45, 2.75) is 44.9 Å². The van der Waals surface area contributed by atoms with Crippen molar-refractivity contribution in [1.29, 1.82) is 0 Å². The zero-order valence-electron chi connectivity index (χ0n) is 16.0. The number of benzene rings is 1. The molecule has 26 heavy (non-hydrogen) atoms. The number of nitrogens with one attached hydrogen (secondary N) is 1.